The number of benzene rings is 2. The summed E-state index contributed by atoms with van der Waals surface area (Å²) in [5, 5.41) is 4.10. The Balaban J connectivity index is 1.60. The predicted octanol–water partition coefficient (Wildman–Crippen LogP) is 2.32. The number of nitrogens with zero attached hydrogens (tertiary/aromatic N) is 3. The Morgan fingerprint density at radius 2 is 1.84 bits per heavy atom. The van der Waals surface area contributed by atoms with Crippen molar-refractivity contribution in [3.05, 3.63) is 82.5 Å². The third-order valence-electron chi connectivity index (χ3n) is 4.58. The van der Waals surface area contributed by atoms with E-state index in [-0.39, 0.29) is 23.1 Å². The van der Waals surface area contributed by atoms with Crippen LogP contribution in [0.3, 0.4) is 0 Å². The molecule has 10 heteroatoms. The van der Waals surface area contributed by atoms with Gasteiger partial charge in [0.05, 0.1) is 17.2 Å². The summed E-state index contributed by atoms with van der Waals surface area (Å²) >= 11 is 0. The lowest BCUT2D eigenvalue weighted by atomic mass is 10.3. The van der Waals surface area contributed by atoms with Gasteiger partial charge in [-0.25, -0.2) is 12.8 Å². The van der Waals surface area contributed by atoms with Gasteiger partial charge in [0.1, 0.15) is 17.3 Å². The van der Waals surface area contributed by atoms with Crippen molar-refractivity contribution in [2.24, 2.45) is 0 Å². The van der Waals surface area contributed by atoms with Crippen LogP contribution >= 0.6 is 0 Å². The Hall–Kier alpha value is -3.53. The SMILES string of the molecule is CN(CCCOc1cccc(S(C)(=O)=O)c1)C(=O)c1ccc(=O)n(-c2ccc(F)cc2)n1. The molecule has 1 aromatic heterocycles. The van der Waals surface area contributed by atoms with Crippen LogP contribution in [0.25, 0.3) is 5.69 Å². The predicted molar refractivity (Wildman–Crippen MR) is 116 cm³/mol. The number of sulfone groups is 1. The Morgan fingerprint density at radius 3 is 2.53 bits per heavy atom. The van der Waals surface area contributed by atoms with Crippen molar-refractivity contribution in [1.29, 1.82) is 0 Å². The summed E-state index contributed by atoms with van der Waals surface area (Å²) in [6.07, 6.45) is 1.61. The molecular formula is C22H22FN3O5S. The topological polar surface area (TPSA) is 98.6 Å². The molecule has 0 aliphatic carbocycles. The van der Waals surface area contributed by atoms with Crippen LogP contribution in [0.2, 0.25) is 0 Å². The molecule has 0 saturated heterocycles. The maximum Gasteiger partial charge on any atom is 0.274 e. The van der Waals surface area contributed by atoms with Gasteiger partial charge < -0.3 is 9.64 Å². The van der Waals surface area contributed by atoms with Crippen molar-refractivity contribution in [2.45, 2.75) is 11.3 Å². The summed E-state index contributed by atoms with van der Waals surface area (Å²) < 4.78 is 43.0. The van der Waals surface area contributed by atoms with E-state index in [0.29, 0.717) is 24.4 Å². The van der Waals surface area contributed by atoms with Gasteiger partial charge in [0, 0.05) is 25.9 Å². The minimum absolute atomic E-state index is 0.0678. The van der Waals surface area contributed by atoms with Crippen LogP contribution in [0.1, 0.15) is 16.9 Å². The molecule has 1 amide bonds. The molecule has 0 aliphatic rings. The standard InChI is InChI=1S/C22H22FN3O5S/c1-25(13-4-14-31-18-5-3-6-19(15-18)32(2,29)30)22(28)20-11-12-21(27)26(24-20)17-9-7-16(23)8-10-17/h3,5-12,15H,4,13-14H2,1-2H3. The third-order valence-corrected chi connectivity index (χ3v) is 5.69. The van der Waals surface area contributed by atoms with Gasteiger partial charge in [-0.2, -0.15) is 9.78 Å². The van der Waals surface area contributed by atoms with Crippen LogP contribution < -0.4 is 10.3 Å². The normalized spacial score (nSPS) is 11.2. The highest BCUT2D eigenvalue weighted by atomic mass is 32.2. The van der Waals surface area contributed by atoms with Crippen LogP contribution in [-0.2, 0) is 9.84 Å². The van der Waals surface area contributed by atoms with Gasteiger partial charge in [-0.05, 0) is 55.0 Å². The zero-order chi connectivity index (χ0) is 23.3. The molecule has 0 radical (unpaired) electrons. The van der Waals surface area contributed by atoms with E-state index >= 15 is 0 Å². The molecule has 8 nitrogen and oxygen atoms in total. The molecule has 3 rings (SSSR count). The summed E-state index contributed by atoms with van der Waals surface area (Å²) in [6, 6.07) is 14.0. The van der Waals surface area contributed by atoms with Crippen molar-refractivity contribution in [3.8, 4) is 11.4 Å². The van der Waals surface area contributed by atoms with Crippen molar-refractivity contribution in [3.63, 3.8) is 0 Å². The first-order valence-corrected chi connectivity index (χ1v) is 11.6. The van der Waals surface area contributed by atoms with E-state index in [0.717, 1.165) is 10.9 Å². The summed E-state index contributed by atoms with van der Waals surface area (Å²) in [5.74, 6) is -0.408. The first-order chi connectivity index (χ1) is 15.1. The van der Waals surface area contributed by atoms with Crippen molar-refractivity contribution >= 4 is 15.7 Å². The quantitative estimate of drug-likeness (QED) is 0.480. The lowest BCUT2D eigenvalue weighted by Crippen LogP contribution is -2.32. The Kier molecular flexibility index (Phi) is 7.04. The number of aromatic nitrogens is 2. The van der Waals surface area contributed by atoms with Gasteiger partial charge in [-0.1, -0.05) is 6.07 Å². The highest BCUT2D eigenvalue weighted by molar-refractivity contribution is 7.90. The fraction of sp³-hybridized carbons (Fsp3) is 0.227. The fourth-order valence-electron chi connectivity index (χ4n) is 2.88. The van der Waals surface area contributed by atoms with Gasteiger partial charge in [-0.15, -0.1) is 0 Å². The zero-order valence-electron chi connectivity index (χ0n) is 17.6. The average Bonchev–Trinajstić information content (AvgIpc) is 2.77. The monoisotopic (exact) mass is 459 g/mol. The summed E-state index contributed by atoms with van der Waals surface area (Å²) in [4.78, 5) is 26.4. The average molecular weight is 459 g/mol. The molecule has 0 spiro atoms. The zero-order valence-corrected chi connectivity index (χ0v) is 18.4. The number of amides is 1. The number of carbonyl (C=O) groups excluding carboxylic acids is 1. The highest BCUT2D eigenvalue weighted by Gasteiger charge is 2.15. The molecule has 0 fully saturated rings. The number of hydrogen-bond acceptors (Lipinski definition) is 6. The lowest BCUT2D eigenvalue weighted by Gasteiger charge is -2.17. The second-order valence-electron chi connectivity index (χ2n) is 7.12. The van der Waals surface area contributed by atoms with Crippen LogP contribution in [0.4, 0.5) is 4.39 Å². The third kappa shape index (κ3) is 5.79. The molecule has 3 aromatic rings. The van der Waals surface area contributed by atoms with Gasteiger partial charge in [0.15, 0.2) is 9.84 Å². The summed E-state index contributed by atoms with van der Waals surface area (Å²) in [7, 11) is -1.72. The molecule has 0 saturated carbocycles. The molecule has 0 bridgehead atoms. The van der Waals surface area contributed by atoms with Crippen molar-refractivity contribution in [2.75, 3.05) is 26.5 Å². The Morgan fingerprint density at radius 1 is 1.12 bits per heavy atom. The van der Waals surface area contributed by atoms with Crippen LogP contribution in [0.15, 0.2) is 70.4 Å². The molecule has 2 aromatic carbocycles. The minimum Gasteiger partial charge on any atom is -0.493 e. The van der Waals surface area contributed by atoms with E-state index in [4.69, 9.17) is 4.74 Å². The number of ether oxygens (including phenoxy) is 1. The highest BCUT2D eigenvalue weighted by Crippen LogP contribution is 2.17. The summed E-state index contributed by atoms with van der Waals surface area (Å²) in [5.41, 5.74) is -0.0304. The molecule has 168 valence electrons. The lowest BCUT2D eigenvalue weighted by molar-refractivity contribution is 0.0780. The van der Waals surface area contributed by atoms with Gasteiger partial charge >= 0.3 is 0 Å². The number of carbonyl (C=O) groups is 1. The number of hydrogen-bond donors (Lipinski definition) is 0. The van der Waals surface area contributed by atoms with E-state index in [2.05, 4.69) is 5.10 Å². The minimum atomic E-state index is -3.32. The molecular weight excluding hydrogens is 437 g/mol. The number of halogens is 1. The van der Waals surface area contributed by atoms with E-state index in [1.165, 1.54) is 53.4 Å². The fourth-order valence-corrected chi connectivity index (χ4v) is 3.53. The molecule has 0 unspecified atom stereocenters. The van der Waals surface area contributed by atoms with Crippen LogP contribution in [-0.4, -0.2) is 55.5 Å². The van der Waals surface area contributed by atoms with Gasteiger partial charge in [0.25, 0.3) is 11.5 Å². The molecule has 0 atom stereocenters. The summed E-state index contributed by atoms with van der Waals surface area (Å²) in [6.45, 7) is 0.620. The van der Waals surface area contributed by atoms with Crippen molar-refractivity contribution in [1.82, 2.24) is 14.7 Å². The number of rotatable bonds is 8. The Bertz CT molecular complexity index is 1270. The van der Waals surface area contributed by atoms with Gasteiger partial charge in [0.2, 0.25) is 0 Å². The van der Waals surface area contributed by atoms with E-state index in [1.54, 1.807) is 19.2 Å². The molecule has 0 aliphatic heterocycles. The van der Waals surface area contributed by atoms with E-state index in [1.807, 2.05) is 0 Å². The first-order valence-electron chi connectivity index (χ1n) is 9.70. The van der Waals surface area contributed by atoms with Gasteiger partial charge in [-0.3, -0.25) is 9.59 Å². The smallest absolute Gasteiger partial charge is 0.274 e. The second-order valence-corrected chi connectivity index (χ2v) is 9.14. The molecule has 32 heavy (non-hydrogen) atoms. The molecule has 0 N–H and O–H groups in total. The van der Waals surface area contributed by atoms with E-state index < -0.39 is 21.2 Å². The Labute approximate surface area is 184 Å². The second kappa shape index (κ2) is 9.73. The van der Waals surface area contributed by atoms with Crippen LogP contribution in [0.5, 0.6) is 5.75 Å². The maximum atomic E-state index is 13.1. The largest absolute Gasteiger partial charge is 0.493 e. The van der Waals surface area contributed by atoms with Crippen molar-refractivity contribution < 1.29 is 22.3 Å². The maximum absolute atomic E-state index is 13.1. The van der Waals surface area contributed by atoms with Crippen LogP contribution in [0, 0.1) is 5.82 Å². The first kappa shape index (κ1) is 23.1. The molecule has 1 heterocycles. The van der Waals surface area contributed by atoms with E-state index in [9.17, 15) is 22.4 Å².